The van der Waals surface area contributed by atoms with E-state index in [4.69, 9.17) is 10.3 Å². The van der Waals surface area contributed by atoms with Gasteiger partial charge in [0.2, 0.25) is 5.95 Å². The number of anilines is 2. The Balaban J connectivity index is 1.16. The molecule has 1 saturated carbocycles. The highest BCUT2D eigenvalue weighted by Gasteiger charge is 2.34. The molecule has 0 spiro atoms. The number of pyridine rings is 1. The van der Waals surface area contributed by atoms with Gasteiger partial charge in [0.1, 0.15) is 11.5 Å². The van der Waals surface area contributed by atoms with Crippen molar-refractivity contribution in [3.05, 3.63) is 54.5 Å². The van der Waals surface area contributed by atoms with Crippen molar-refractivity contribution >= 4 is 11.8 Å². The van der Waals surface area contributed by atoms with E-state index in [1.54, 1.807) is 24.8 Å². The first-order chi connectivity index (χ1) is 17.2. The summed E-state index contributed by atoms with van der Waals surface area (Å²) in [7, 11) is 0. The van der Waals surface area contributed by atoms with Gasteiger partial charge in [-0.1, -0.05) is 11.2 Å². The second-order valence-electron chi connectivity index (χ2n) is 8.97. The number of nitrogens with zero attached hydrogens (tertiary/aromatic N) is 8. The number of nitrogens with two attached hydrogens (primary N) is 1. The lowest BCUT2D eigenvalue weighted by Crippen LogP contribution is -2.43. The monoisotopic (exact) mass is 470 g/mol. The minimum atomic E-state index is 0.250. The van der Waals surface area contributed by atoms with Crippen molar-refractivity contribution in [2.75, 3.05) is 36.8 Å². The normalized spacial score (nSPS) is 16.9. The molecule has 2 fully saturated rings. The molecule has 1 saturated heterocycles. The third-order valence-electron chi connectivity index (χ3n) is 6.54. The van der Waals surface area contributed by atoms with E-state index in [0.29, 0.717) is 29.7 Å². The number of hydrogen-bond donors (Lipinski definition) is 2. The highest BCUT2D eigenvalue weighted by molar-refractivity contribution is 5.57. The quantitative estimate of drug-likeness (QED) is 0.409. The lowest BCUT2D eigenvalue weighted by Gasteiger charge is -2.27. The Morgan fingerprint density at radius 2 is 1.74 bits per heavy atom. The summed E-state index contributed by atoms with van der Waals surface area (Å²) in [4.78, 5) is 28.6. The fourth-order valence-corrected chi connectivity index (χ4v) is 4.45. The summed E-state index contributed by atoms with van der Waals surface area (Å²) < 4.78 is 5.53. The van der Waals surface area contributed by atoms with Gasteiger partial charge < -0.3 is 20.5 Å². The largest absolute Gasteiger partial charge is 0.368 e. The molecule has 6 rings (SSSR count). The van der Waals surface area contributed by atoms with Crippen molar-refractivity contribution in [2.24, 2.45) is 5.92 Å². The van der Waals surface area contributed by atoms with Gasteiger partial charge in [-0.25, -0.2) is 19.9 Å². The molecule has 1 aliphatic heterocycles. The van der Waals surface area contributed by atoms with E-state index in [1.165, 1.54) is 18.4 Å². The lowest BCUT2D eigenvalue weighted by atomic mass is 9.91. The molecule has 3 N–H and O–H groups in total. The van der Waals surface area contributed by atoms with Gasteiger partial charge in [-0.3, -0.25) is 4.98 Å². The number of nitrogens with one attached hydrogen (secondary N) is 1. The van der Waals surface area contributed by atoms with E-state index in [0.717, 1.165) is 43.3 Å². The Hall–Kier alpha value is -3.99. The van der Waals surface area contributed by atoms with Crippen LogP contribution in [-0.4, -0.2) is 61.2 Å². The molecule has 1 atom stereocenters. The Morgan fingerprint density at radius 3 is 2.43 bits per heavy atom. The maximum absolute atomic E-state index is 5.58. The zero-order valence-electron chi connectivity index (χ0n) is 19.2. The minimum absolute atomic E-state index is 0.250. The van der Waals surface area contributed by atoms with Crippen LogP contribution in [0.25, 0.3) is 22.8 Å². The van der Waals surface area contributed by atoms with Crippen LogP contribution in [0, 0.1) is 5.92 Å². The van der Waals surface area contributed by atoms with Crippen molar-refractivity contribution in [1.29, 1.82) is 0 Å². The molecular weight excluding hydrogens is 444 g/mol. The van der Waals surface area contributed by atoms with Gasteiger partial charge in [-0.05, 0) is 36.3 Å². The third-order valence-corrected chi connectivity index (χ3v) is 6.54. The number of aromatic nitrogens is 7. The van der Waals surface area contributed by atoms with Crippen molar-refractivity contribution in [3.63, 3.8) is 0 Å². The van der Waals surface area contributed by atoms with Crippen molar-refractivity contribution in [3.8, 4) is 22.8 Å². The van der Waals surface area contributed by atoms with Crippen LogP contribution in [0.15, 0.2) is 47.6 Å². The summed E-state index contributed by atoms with van der Waals surface area (Å²) in [5.74, 6) is 3.06. The van der Waals surface area contributed by atoms with E-state index >= 15 is 0 Å². The smallest absolute Gasteiger partial charge is 0.278 e. The Bertz CT molecular complexity index is 1260. The summed E-state index contributed by atoms with van der Waals surface area (Å²) in [6, 6.07) is 4.11. The van der Waals surface area contributed by atoms with Crippen molar-refractivity contribution < 1.29 is 4.52 Å². The Kier molecular flexibility index (Phi) is 5.75. The maximum atomic E-state index is 5.58. The number of nitrogen functional groups attached to an aromatic ring is 1. The van der Waals surface area contributed by atoms with Crippen LogP contribution in [-0.2, 0) is 6.42 Å². The van der Waals surface area contributed by atoms with Gasteiger partial charge in [-0.15, -0.1) is 0 Å². The SMILES string of the molecule is Nc1ncc(-c2ccc([C@H](Cc3noc(-c4cnc(N5CCNCC5)cn4)n3)C3CC3)cn2)cn1. The maximum Gasteiger partial charge on any atom is 0.278 e. The molecule has 1 aliphatic carbocycles. The molecule has 2 aliphatic rings. The number of hydrogen-bond acceptors (Lipinski definition) is 11. The third kappa shape index (κ3) is 4.80. The minimum Gasteiger partial charge on any atom is -0.368 e. The zero-order valence-corrected chi connectivity index (χ0v) is 19.2. The molecule has 5 heterocycles. The average molecular weight is 471 g/mol. The van der Waals surface area contributed by atoms with Gasteiger partial charge in [-0.2, -0.15) is 4.98 Å². The standard InChI is InChI=1S/C24H26N10O/c25-24-30-11-17(12-31-24)19-4-3-16(10-27-19)18(15-1-2-15)9-21-32-23(35-33-21)20-13-29-22(14-28-20)34-7-5-26-6-8-34/h3-4,10-15,18,26H,1-2,5-9H2,(H2,25,30,31)/t18-/m1/s1. The van der Waals surface area contributed by atoms with Crippen LogP contribution in [0.3, 0.4) is 0 Å². The predicted octanol–water partition coefficient (Wildman–Crippen LogP) is 2.11. The topological polar surface area (TPSA) is 145 Å². The fourth-order valence-electron chi connectivity index (χ4n) is 4.45. The number of piperazine rings is 1. The van der Waals surface area contributed by atoms with Gasteiger partial charge in [0.05, 0.1) is 18.1 Å². The zero-order chi connectivity index (χ0) is 23.6. The highest BCUT2D eigenvalue weighted by Crippen LogP contribution is 2.44. The highest BCUT2D eigenvalue weighted by atomic mass is 16.5. The van der Waals surface area contributed by atoms with Gasteiger partial charge in [0, 0.05) is 56.8 Å². The average Bonchev–Trinajstić information content (AvgIpc) is 3.66. The molecule has 4 aromatic rings. The summed E-state index contributed by atoms with van der Waals surface area (Å²) >= 11 is 0. The van der Waals surface area contributed by atoms with Gasteiger partial charge in [0.15, 0.2) is 5.82 Å². The summed E-state index contributed by atoms with van der Waals surface area (Å²) in [6.45, 7) is 3.75. The molecule has 11 nitrogen and oxygen atoms in total. The first kappa shape index (κ1) is 21.5. The Labute approximate surface area is 202 Å². The molecule has 0 radical (unpaired) electrons. The van der Waals surface area contributed by atoms with E-state index in [2.05, 4.69) is 51.3 Å². The van der Waals surface area contributed by atoms with Crippen LogP contribution in [0.1, 0.15) is 30.1 Å². The summed E-state index contributed by atoms with van der Waals surface area (Å²) in [5, 5.41) is 7.57. The van der Waals surface area contributed by atoms with E-state index in [1.807, 2.05) is 12.3 Å². The van der Waals surface area contributed by atoms with Crippen LogP contribution < -0.4 is 16.0 Å². The van der Waals surface area contributed by atoms with Crippen molar-refractivity contribution in [2.45, 2.75) is 25.2 Å². The number of rotatable bonds is 7. The molecule has 0 amide bonds. The molecule has 178 valence electrons. The van der Waals surface area contributed by atoms with E-state index < -0.39 is 0 Å². The molecular formula is C24H26N10O. The summed E-state index contributed by atoms with van der Waals surface area (Å²) in [5.41, 5.74) is 8.98. The van der Waals surface area contributed by atoms with E-state index in [-0.39, 0.29) is 11.9 Å². The van der Waals surface area contributed by atoms with Crippen molar-refractivity contribution in [1.82, 2.24) is 40.4 Å². The van der Waals surface area contributed by atoms with Crippen LogP contribution in [0.5, 0.6) is 0 Å². The van der Waals surface area contributed by atoms with Crippen LogP contribution >= 0.6 is 0 Å². The molecule has 0 bridgehead atoms. The van der Waals surface area contributed by atoms with Gasteiger partial charge >= 0.3 is 0 Å². The fraction of sp³-hybridized carbons (Fsp3) is 0.375. The van der Waals surface area contributed by atoms with Crippen LogP contribution in [0.4, 0.5) is 11.8 Å². The second kappa shape index (κ2) is 9.34. The van der Waals surface area contributed by atoms with E-state index in [9.17, 15) is 0 Å². The summed E-state index contributed by atoms with van der Waals surface area (Å²) in [6.07, 6.45) is 11.9. The molecule has 11 heteroatoms. The second-order valence-corrected chi connectivity index (χ2v) is 8.97. The Morgan fingerprint density at radius 1 is 0.943 bits per heavy atom. The van der Waals surface area contributed by atoms with Crippen LogP contribution in [0.2, 0.25) is 0 Å². The van der Waals surface area contributed by atoms with Gasteiger partial charge in [0.25, 0.3) is 5.89 Å². The predicted molar refractivity (Wildman–Crippen MR) is 129 cm³/mol. The first-order valence-electron chi connectivity index (χ1n) is 11.9. The molecule has 0 unspecified atom stereocenters. The first-order valence-corrected chi connectivity index (χ1v) is 11.9. The lowest BCUT2D eigenvalue weighted by molar-refractivity contribution is 0.416. The molecule has 4 aromatic heterocycles. The molecule has 35 heavy (non-hydrogen) atoms. The molecule has 0 aromatic carbocycles.